The first kappa shape index (κ1) is 13.5. The van der Waals surface area contributed by atoms with Crippen LogP contribution in [0.5, 0.6) is 0 Å². The lowest BCUT2D eigenvalue weighted by atomic mass is 10.0. The number of nitrogens with zero attached hydrogens (tertiary/aromatic N) is 3. The third-order valence-electron chi connectivity index (χ3n) is 3.02. The van der Waals surface area contributed by atoms with Crippen LogP contribution >= 0.6 is 11.6 Å². The van der Waals surface area contributed by atoms with Gasteiger partial charge in [-0.05, 0) is 28.8 Å². The highest BCUT2D eigenvalue weighted by Crippen LogP contribution is 2.24. The van der Waals surface area contributed by atoms with Crippen LogP contribution < -0.4 is 0 Å². The second kappa shape index (κ2) is 5.89. The van der Waals surface area contributed by atoms with Crippen molar-refractivity contribution in [1.29, 1.82) is 0 Å². The number of hydrogen-bond acceptors (Lipinski definition) is 2. The van der Waals surface area contributed by atoms with Crippen LogP contribution in [-0.2, 0) is 0 Å². The molecule has 104 valence electrons. The fourth-order valence-electron chi connectivity index (χ4n) is 1.94. The van der Waals surface area contributed by atoms with E-state index in [1.807, 2.05) is 24.3 Å². The summed E-state index contributed by atoms with van der Waals surface area (Å²) in [5, 5.41) is 4.53. The molecular weight excluding hydrogens is 289 g/mol. The van der Waals surface area contributed by atoms with Crippen molar-refractivity contribution in [2.75, 3.05) is 0 Å². The fraction of sp³-hybridized carbons (Fsp3) is 0. The van der Waals surface area contributed by atoms with Gasteiger partial charge in [0.15, 0.2) is 0 Å². The van der Waals surface area contributed by atoms with Crippen molar-refractivity contribution in [2.24, 2.45) is 0 Å². The van der Waals surface area contributed by atoms with Gasteiger partial charge in [-0.3, -0.25) is 0 Å². The maximum Gasteiger partial charge on any atom is 0.138 e. The molecule has 21 heavy (non-hydrogen) atoms. The van der Waals surface area contributed by atoms with E-state index < -0.39 is 0 Å². The van der Waals surface area contributed by atoms with Gasteiger partial charge in [-0.2, -0.15) is 5.10 Å². The molecule has 2 aromatic carbocycles. The van der Waals surface area contributed by atoms with Crippen LogP contribution in [0.25, 0.3) is 22.4 Å². The van der Waals surface area contributed by atoms with E-state index in [1.165, 1.54) is 23.1 Å². The third-order valence-corrected chi connectivity index (χ3v) is 3.34. The summed E-state index contributed by atoms with van der Waals surface area (Å²) in [6.07, 6.45) is 4.69. The minimum Gasteiger partial charge on any atom is -0.227 e. The van der Waals surface area contributed by atoms with E-state index in [1.54, 1.807) is 24.7 Å². The zero-order valence-corrected chi connectivity index (χ0v) is 11.7. The normalized spacial score (nSPS) is 11.6. The highest BCUT2D eigenvalue weighted by Gasteiger charge is 2.02. The Kier molecular flexibility index (Phi) is 3.79. The van der Waals surface area contributed by atoms with Crippen molar-refractivity contribution in [2.45, 2.75) is 0 Å². The van der Waals surface area contributed by atoms with Crippen molar-refractivity contribution in [1.82, 2.24) is 14.8 Å². The average Bonchev–Trinajstić information content (AvgIpc) is 3.01. The second-order valence-electron chi connectivity index (χ2n) is 4.44. The summed E-state index contributed by atoms with van der Waals surface area (Å²) in [5.74, 6) is -0.241. The number of hydrogen-bond donors (Lipinski definition) is 0. The standard InChI is InChI=1S/C16H11ClFN3/c17-16(9-21-11-19-10-20-21)14-3-1-12(2-4-14)13-5-7-15(18)8-6-13/h1-11H/b16-9-. The summed E-state index contributed by atoms with van der Waals surface area (Å²) in [6, 6.07) is 14.1. The first-order valence-corrected chi connectivity index (χ1v) is 6.68. The maximum absolute atomic E-state index is 12.9. The smallest absolute Gasteiger partial charge is 0.138 e. The monoisotopic (exact) mass is 299 g/mol. The molecule has 0 N–H and O–H groups in total. The Hall–Kier alpha value is -2.46. The van der Waals surface area contributed by atoms with E-state index in [9.17, 15) is 4.39 Å². The predicted molar refractivity (Wildman–Crippen MR) is 81.9 cm³/mol. The van der Waals surface area contributed by atoms with Gasteiger partial charge in [0.1, 0.15) is 18.5 Å². The van der Waals surface area contributed by atoms with Crippen molar-refractivity contribution < 1.29 is 4.39 Å². The van der Waals surface area contributed by atoms with Gasteiger partial charge in [0, 0.05) is 6.20 Å². The van der Waals surface area contributed by atoms with Crippen LogP contribution in [0.3, 0.4) is 0 Å². The van der Waals surface area contributed by atoms with Crippen LogP contribution in [0.2, 0.25) is 0 Å². The van der Waals surface area contributed by atoms with Gasteiger partial charge in [-0.25, -0.2) is 14.1 Å². The molecule has 0 amide bonds. The second-order valence-corrected chi connectivity index (χ2v) is 4.84. The number of rotatable bonds is 3. The van der Waals surface area contributed by atoms with Crippen LogP contribution in [0.15, 0.2) is 61.2 Å². The van der Waals surface area contributed by atoms with Gasteiger partial charge in [0.25, 0.3) is 0 Å². The molecular formula is C16H11ClFN3. The summed E-state index contributed by atoms with van der Waals surface area (Å²) in [5.41, 5.74) is 2.83. The van der Waals surface area contributed by atoms with E-state index in [4.69, 9.17) is 11.6 Å². The maximum atomic E-state index is 12.9. The molecule has 0 aliphatic rings. The molecule has 0 saturated heterocycles. The lowest BCUT2D eigenvalue weighted by molar-refractivity contribution is 0.628. The van der Waals surface area contributed by atoms with E-state index in [0.29, 0.717) is 5.03 Å². The summed E-state index contributed by atoms with van der Waals surface area (Å²) >= 11 is 6.24. The highest BCUT2D eigenvalue weighted by molar-refractivity contribution is 6.50. The molecule has 0 fully saturated rings. The molecule has 0 saturated carbocycles. The number of benzene rings is 2. The summed E-state index contributed by atoms with van der Waals surface area (Å²) in [6.45, 7) is 0. The first-order chi connectivity index (χ1) is 10.2. The Labute approximate surface area is 126 Å². The van der Waals surface area contributed by atoms with Gasteiger partial charge in [0.05, 0.1) is 5.03 Å². The predicted octanol–water partition coefficient (Wildman–Crippen LogP) is 4.28. The molecule has 0 aliphatic heterocycles. The zero-order valence-electron chi connectivity index (χ0n) is 10.9. The van der Waals surface area contributed by atoms with Crippen molar-refractivity contribution >= 4 is 22.8 Å². The molecule has 3 nitrogen and oxygen atoms in total. The Morgan fingerprint density at radius 1 is 1.00 bits per heavy atom. The van der Waals surface area contributed by atoms with Crippen LogP contribution in [0.1, 0.15) is 5.56 Å². The Balaban J connectivity index is 1.85. The highest BCUT2D eigenvalue weighted by atomic mass is 35.5. The molecule has 0 atom stereocenters. The van der Waals surface area contributed by atoms with Crippen molar-refractivity contribution in [3.8, 4) is 11.1 Å². The van der Waals surface area contributed by atoms with Crippen molar-refractivity contribution in [3.63, 3.8) is 0 Å². The number of aromatic nitrogens is 3. The van der Waals surface area contributed by atoms with Gasteiger partial charge < -0.3 is 0 Å². The molecule has 3 rings (SSSR count). The van der Waals surface area contributed by atoms with E-state index in [-0.39, 0.29) is 5.82 Å². The minimum absolute atomic E-state index is 0.241. The first-order valence-electron chi connectivity index (χ1n) is 6.30. The molecule has 1 heterocycles. The molecule has 0 aliphatic carbocycles. The molecule has 5 heteroatoms. The molecule has 0 bridgehead atoms. The number of halogens is 2. The molecule has 1 aromatic heterocycles. The van der Waals surface area contributed by atoms with Gasteiger partial charge >= 0.3 is 0 Å². The Bertz CT molecular complexity index is 747. The fourth-order valence-corrected chi connectivity index (χ4v) is 2.16. The summed E-state index contributed by atoms with van der Waals surface area (Å²) in [4.78, 5) is 3.85. The lowest BCUT2D eigenvalue weighted by Crippen LogP contribution is -1.87. The topological polar surface area (TPSA) is 30.7 Å². The SMILES string of the molecule is Fc1ccc(-c2ccc(/C(Cl)=C/n3cncn3)cc2)cc1. The Morgan fingerprint density at radius 2 is 1.62 bits per heavy atom. The largest absolute Gasteiger partial charge is 0.227 e. The molecule has 3 aromatic rings. The molecule has 0 radical (unpaired) electrons. The van der Waals surface area contributed by atoms with E-state index in [0.717, 1.165) is 16.7 Å². The van der Waals surface area contributed by atoms with E-state index in [2.05, 4.69) is 10.1 Å². The average molecular weight is 300 g/mol. The lowest BCUT2D eigenvalue weighted by Gasteiger charge is -2.04. The molecule has 0 unspecified atom stereocenters. The van der Waals surface area contributed by atoms with Gasteiger partial charge in [-0.15, -0.1) is 0 Å². The third kappa shape index (κ3) is 3.17. The van der Waals surface area contributed by atoms with Gasteiger partial charge in [0.2, 0.25) is 0 Å². The Morgan fingerprint density at radius 3 is 2.19 bits per heavy atom. The van der Waals surface area contributed by atoms with E-state index >= 15 is 0 Å². The van der Waals surface area contributed by atoms with Crippen molar-refractivity contribution in [3.05, 3.63) is 72.6 Å². The summed E-state index contributed by atoms with van der Waals surface area (Å²) in [7, 11) is 0. The summed E-state index contributed by atoms with van der Waals surface area (Å²) < 4.78 is 14.5. The van der Waals surface area contributed by atoms with Gasteiger partial charge in [-0.1, -0.05) is 48.0 Å². The minimum atomic E-state index is -0.241. The van der Waals surface area contributed by atoms with Crippen LogP contribution in [0.4, 0.5) is 4.39 Å². The molecule has 0 spiro atoms. The van der Waals surface area contributed by atoms with Crippen LogP contribution in [-0.4, -0.2) is 14.8 Å². The zero-order chi connectivity index (χ0) is 14.7. The quantitative estimate of drug-likeness (QED) is 0.723. The van der Waals surface area contributed by atoms with Crippen LogP contribution in [0, 0.1) is 5.82 Å².